The van der Waals surface area contributed by atoms with Crippen LogP contribution in [0.5, 0.6) is 0 Å². The Bertz CT molecular complexity index is 1070. The summed E-state index contributed by atoms with van der Waals surface area (Å²) in [5.41, 5.74) is 1.75. The summed E-state index contributed by atoms with van der Waals surface area (Å²) in [6.07, 6.45) is 2.04. The summed E-state index contributed by atoms with van der Waals surface area (Å²) in [4.78, 5) is 12.9. The van der Waals surface area contributed by atoms with Crippen LogP contribution in [0.2, 0.25) is 5.15 Å². The van der Waals surface area contributed by atoms with Gasteiger partial charge in [-0.1, -0.05) is 17.7 Å². The second-order valence-corrected chi connectivity index (χ2v) is 5.90. The van der Waals surface area contributed by atoms with E-state index in [-0.39, 0.29) is 5.89 Å². The highest BCUT2D eigenvalue weighted by Crippen LogP contribution is 2.27. The molecule has 4 rings (SSSR count). The first kappa shape index (κ1) is 17.2. The Balaban J connectivity index is 1.70. The van der Waals surface area contributed by atoms with Gasteiger partial charge in [0, 0.05) is 24.2 Å². The minimum Gasteiger partial charge on any atom is -0.415 e. The number of alkyl halides is 2. The van der Waals surface area contributed by atoms with Gasteiger partial charge in [-0.15, -0.1) is 10.2 Å². The van der Waals surface area contributed by atoms with Gasteiger partial charge in [-0.3, -0.25) is 9.97 Å². The quantitative estimate of drug-likeness (QED) is 0.513. The van der Waals surface area contributed by atoms with Crippen molar-refractivity contribution in [2.75, 3.05) is 0 Å². The first-order chi connectivity index (χ1) is 13.1. The van der Waals surface area contributed by atoms with E-state index in [4.69, 9.17) is 16.0 Å². The summed E-state index contributed by atoms with van der Waals surface area (Å²) < 4.78 is 32.1. The molecule has 0 unspecified atom stereocenters. The lowest BCUT2D eigenvalue weighted by Crippen LogP contribution is -2.03. The van der Waals surface area contributed by atoms with E-state index >= 15 is 0 Å². The van der Waals surface area contributed by atoms with Gasteiger partial charge in [-0.2, -0.15) is 8.78 Å². The number of halogens is 3. The monoisotopic (exact) mass is 388 g/mol. The molecule has 10 heteroatoms. The summed E-state index contributed by atoms with van der Waals surface area (Å²) >= 11 is 6.07. The average molecular weight is 389 g/mol. The van der Waals surface area contributed by atoms with E-state index in [0.717, 1.165) is 5.69 Å². The van der Waals surface area contributed by atoms with Crippen LogP contribution in [-0.4, -0.2) is 29.7 Å². The number of pyridine rings is 2. The van der Waals surface area contributed by atoms with Crippen LogP contribution in [0.3, 0.4) is 0 Å². The Labute approximate surface area is 156 Å². The number of hydrogen-bond acceptors (Lipinski definition) is 6. The molecule has 4 aromatic heterocycles. The summed E-state index contributed by atoms with van der Waals surface area (Å²) in [5.74, 6) is -0.257. The summed E-state index contributed by atoms with van der Waals surface area (Å²) in [7, 11) is 0. The van der Waals surface area contributed by atoms with Gasteiger partial charge in [0.05, 0.1) is 12.2 Å². The Kier molecular flexibility index (Phi) is 4.59. The van der Waals surface area contributed by atoms with Crippen LogP contribution in [0.1, 0.15) is 18.0 Å². The molecule has 0 radical (unpaired) electrons. The van der Waals surface area contributed by atoms with Gasteiger partial charge >= 0.3 is 6.43 Å². The SMILES string of the molecule is FC(F)c1nnc(-c2ccnc(-c3nc(Cl)cn3Cc3ccccn3)c2)o1. The van der Waals surface area contributed by atoms with Crippen LogP contribution in [0, 0.1) is 0 Å². The zero-order chi connectivity index (χ0) is 18.8. The second kappa shape index (κ2) is 7.20. The lowest BCUT2D eigenvalue weighted by atomic mass is 10.2. The molecule has 0 atom stereocenters. The number of nitrogens with zero attached hydrogens (tertiary/aromatic N) is 6. The topological polar surface area (TPSA) is 82.5 Å². The molecule has 7 nitrogen and oxygen atoms in total. The Morgan fingerprint density at radius 3 is 2.74 bits per heavy atom. The Hall–Kier alpha value is -3.20. The van der Waals surface area contributed by atoms with Gasteiger partial charge < -0.3 is 8.98 Å². The highest BCUT2D eigenvalue weighted by Gasteiger charge is 2.18. The van der Waals surface area contributed by atoms with Crippen LogP contribution < -0.4 is 0 Å². The maximum atomic E-state index is 12.7. The number of aromatic nitrogens is 6. The van der Waals surface area contributed by atoms with Crippen molar-refractivity contribution in [2.45, 2.75) is 13.0 Å². The van der Waals surface area contributed by atoms with E-state index in [2.05, 4.69) is 25.1 Å². The number of rotatable bonds is 5. The molecule has 0 aliphatic heterocycles. The third kappa shape index (κ3) is 3.68. The maximum absolute atomic E-state index is 12.7. The second-order valence-electron chi connectivity index (χ2n) is 5.51. The van der Waals surface area contributed by atoms with Crippen molar-refractivity contribution >= 4 is 11.6 Å². The van der Waals surface area contributed by atoms with Crippen molar-refractivity contribution in [3.63, 3.8) is 0 Å². The van der Waals surface area contributed by atoms with Crippen LogP contribution in [0.15, 0.2) is 53.3 Å². The van der Waals surface area contributed by atoms with E-state index in [1.807, 2.05) is 18.2 Å². The molecule has 0 bridgehead atoms. The third-order valence-electron chi connectivity index (χ3n) is 3.67. The van der Waals surface area contributed by atoms with Crippen molar-refractivity contribution in [2.24, 2.45) is 0 Å². The fraction of sp³-hybridized carbons (Fsp3) is 0.118. The summed E-state index contributed by atoms with van der Waals surface area (Å²) in [6, 6.07) is 8.80. The molecule has 136 valence electrons. The Morgan fingerprint density at radius 1 is 1.11 bits per heavy atom. The molecule has 0 fully saturated rings. The van der Waals surface area contributed by atoms with Crippen molar-refractivity contribution in [1.82, 2.24) is 29.7 Å². The van der Waals surface area contributed by atoms with Crippen molar-refractivity contribution in [3.05, 3.63) is 65.7 Å². The fourth-order valence-corrected chi connectivity index (χ4v) is 2.70. The van der Waals surface area contributed by atoms with Crippen molar-refractivity contribution < 1.29 is 13.2 Å². The first-order valence-electron chi connectivity index (χ1n) is 7.81. The smallest absolute Gasteiger partial charge is 0.314 e. The van der Waals surface area contributed by atoms with Gasteiger partial charge in [0.1, 0.15) is 10.8 Å². The van der Waals surface area contributed by atoms with E-state index < -0.39 is 12.3 Å². The predicted octanol–water partition coefficient (Wildman–Crippen LogP) is 4.03. The molecule has 0 spiro atoms. The van der Waals surface area contributed by atoms with Gasteiger partial charge in [0.25, 0.3) is 5.89 Å². The molecule has 0 amide bonds. The molecular weight excluding hydrogens is 378 g/mol. The van der Waals surface area contributed by atoms with Gasteiger partial charge in [-0.25, -0.2) is 4.98 Å². The van der Waals surface area contributed by atoms with Crippen LogP contribution in [-0.2, 0) is 6.54 Å². The van der Waals surface area contributed by atoms with E-state index in [0.29, 0.717) is 28.8 Å². The molecule has 0 aliphatic rings. The minimum atomic E-state index is -2.83. The lowest BCUT2D eigenvalue weighted by Gasteiger charge is -2.07. The van der Waals surface area contributed by atoms with Crippen LogP contribution in [0.25, 0.3) is 23.0 Å². The summed E-state index contributed by atoms with van der Waals surface area (Å²) in [5, 5.41) is 7.28. The molecule has 0 aliphatic carbocycles. The minimum absolute atomic E-state index is 0.0251. The molecule has 4 heterocycles. The lowest BCUT2D eigenvalue weighted by molar-refractivity contribution is 0.116. The highest BCUT2D eigenvalue weighted by molar-refractivity contribution is 6.29. The molecule has 0 saturated heterocycles. The van der Waals surface area contributed by atoms with Crippen molar-refractivity contribution in [3.8, 4) is 23.0 Å². The van der Waals surface area contributed by atoms with Crippen molar-refractivity contribution in [1.29, 1.82) is 0 Å². The Morgan fingerprint density at radius 2 is 2.00 bits per heavy atom. The maximum Gasteiger partial charge on any atom is 0.314 e. The van der Waals surface area contributed by atoms with Crippen LogP contribution in [0.4, 0.5) is 8.78 Å². The highest BCUT2D eigenvalue weighted by atomic mass is 35.5. The van der Waals surface area contributed by atoms with E-state index in [1.165, 1.54) is 6.20 Å². The summed E-state index contributed by atoms with van der Waals surface area (Å²) in [6.45, 7) is 0.442. The van der Waals surface area contributed by atoms with Gasteiger partial charge in [0.15, 0.2) is 5.82 Å². The van der Waals surface area contributed by atoms with Gasteiger partial charge in [0.2, 0.25) is 5.89 Å². The number of imidazole rings is 1. The normalized spacial score (nSPS) is 11.3. The fourth-order valence-electron chi connectivity index (χ4n) is 2.50. The standard InChI is InChI=1S/C17H11ClF2N6O/c18-13-9-26(8-11-3-1-2-5-21-11)15(23-13)12-7-10(4-6-22-12)16-24-25-17(27-16)14(19)20/h1-7,9,14H,8H2. The predicted molar refractivity (Wildman–Crippen MR) is 92.1 cm³/mol. The third-order valence-corrected chi connectivity index (χ3v) is 3.85. The largest absolute Gasteiger partial charge is 0.415 e. The van der Waals surface area contributed by atoms with E-state index in [9.17, 15) is 8.78 Å². The molecule has 0 aromatic carbocycles. The first-order valence-corrected chi connectivity index (χ1v) is 8.19. The average Bonchev–Trinajstić information content (AvgIpc) is 3.30. The molecular formula is C17H11ClF2N6O. The molecule has 0 saturated carbocycles. The molecule has 0 N–H and O–H groups in total. The van der Waals surface area contributed by atoms with Crippen LogP contribution >= 0.6 is 11.6 Å². The number of hydrogen-bond donors (Lipinski definition) is 0. The zero-order valence-electron chi connectivity index (χ0n) is 13.6. The van der Waals surface area contributed by atoms with E-state index in [1.54, 1.807) is 29.1 Å². The van der Waals surface area contributed by atoms with Gasteiger partial charge in [-0.05, 0) is 24.3 Å². The molecule has 27 heavy (non-hydrogen) atoms. The molecule has 4 aromatic rings. The zero-order valence-corrected chi connectivity index (χ0v) is 14.4.